The van der Waals surface area contributed by atoms with E-state index >= 15 is 0 Å². The first-order valence-corrected chi connectivity index (χ1v) is 9.89. The van der Waals surface area contributed by atoms with Gasteiger partial charge >= 0.3 is 6.03 Å². The highest BCUT2D eigenvalue weighted by Crippen LogP contribution is 2.25. The summed E-state index contributed by atoms with van der Waals surface area (Å²) in [6.45, 7) is 0.260. The maximum Gasteiger partial charge on any atom is 0.319 e. The summed E-state index contributed by atoms with van der Waals surface area (Å²) in [6.07, 6.45) is 2.87. The minimum Gasteiger partial charge on any atom is -0.383 e. The number of aromatic nitrogens is 3. The Balaban J connectivity index is 1.47. The van der Waals surface area contributed by atoms with Crippen LogP contribution >= 0.6 is 23.2 Å². The molecule has 10 heteroatoms. The van der Waals surface area contributed by atoms with Crippen molar-refractivity contribution >= 4 is 57.6 Å². The Morgan fingerprint density at radius 1 is 1.06 bits per heavy atom. The summed E-state index contributed by atoms with van der Waals surface area (Å²) in [4.78, 5) is 36.2. The lowest BCUT2D eigenvalue weighted by molar-refractivity contribution is 0.104. The van der Waals surface area contributed by atoms with Crippen molar-refractivity contribution < 1.29 is 9.59 Å². The van der Waals surface area contributed by atoms with Gasteiger partial charge in [0.25, 0.3) is 0 Å². The van der Waals surface area contributed by atoms with E-state index in [9.17, 15) is 9.59 Å². The third-order valence-electron chi connectivity index (χ3n) is 4.56. The van der Waals surface area contributed by atoms with Gasteiger partial charge in [0.15, 0.2) is 5.78 Å². The highest BCUT2D eigenvalue weighted by atomic mass is 35.5. The number of nitrogens with two attached hydrogens (primary N) is 1. The zero-order valence-corrected chi connectivity index (χ0v) is 17.5. The van der Waals surface area contributed by atoms with Gasteiger partial charge in [-0.2, -0.15) is 0 Å². The molecule has 0 aliphatic heterocycles. The summed E-state index contributed by atoms with van der Waals surface area (Å²) in [5.41, 5.74) is 8.38. The van der Waals surface area contributed by atoms with Crippen LogP contribution in [0.2, 0.25) is 10.0 Å². The number of ketones is 1. The lowest BCUT2D eigenvalue weighted by atomic mass is 10.0. The Morgan fingerprint density at radius 2 is 1.90 bits per heavy atom. The number of hydrogen-bond donors (Lipinski definition) is 4. The number of halogens is 2. The molecule has 156 valence electrons. The number of H-pyrrole nitrogens is 1. The van der Waals surface area contributed by atoms with Crippen LogP contribution in [0.3, 0.4) is 0 Å². The van der Waals surface area contributed by atoms with Crippen LogP contribution in [0.25, 0.3) is 11.0 Å². The Morgan fingerprint density at radius 3 is 2.71 bits per heavy atom. The molecule has 0 atom stereocenters. The van der Waals surface area contributed by atoms with Gasteiger partial charge in [-0.25, -0.2) is 14.8 Å². The van der Waals surface area contributed by atoms with E-state index in [1.54, 1.807) is 48.7 Å². The Labute approximate surface area is 186 Å². The van der Waals surface area contributed by atoms with Crippen LogP contribution < -0.4 is 16.4 Å². The largest absolute Gasteiger partial charge is 0.383 e. The van der Waals surface area contributed by atoms with Crippen molar-refractivity contribution in [1.82, 2.24) is 20.3 Å². The van der Waals surface area contributed by atoms with Crippen molar-refractivity contribution in [3.63, 3.8) is 0 Å². The van der Waals surface area contributed by atoms with Gasteiger partial charge in [0.1, 0.15) is 17.8 Å². The highest BCUT2D eigenvalue weighted by molar-refractivity contribution is 6.42. The lowest BCUT2D eigenvalue weighted by Crippen LogP contribution is -2.28. The summed E-state index contributed by atoms with van der Waals surface area (Å²) in [7, 11) is 0. The minimum absolute atomic E-state index is 0.213. The van der Waals surface area contributed by atoms with Gasteiger partial charge in [-0.3, -0.25) is 4.79 Å². The zero-order chi connectivity index (χ0) is 22.0. The summed E-state index contributed by atoms with van der Waals surface area (Å²) < 4.78 is 0. The molecule has 0 spiro atoms. The summed E-state index contributed by atoms with van der Waals surface area (Å²) >= 11 is 11.9. The van der Waals surface area contributed by atoms with Gasteiger partial charge in [0.2, 0.25) is 0 Å². The molecule has 2 amide bonds. The number of urea groups is 1. The molecule has 4 aromatic rings. The van der Waals surface area contributed by atoms with E-state index in [-0.39, 0.29) is 18.1 Å². The molecule has 2 aromatic heterocycles. The summed E-state index contributed by atoms with van der Waals surface area (Å²) in [6, 6.07) is 11.3. The molecule has 2 heterocycles. The monoisotopic (exact) mass is 454 g/mol. The van der Waals surface area contributed by atoms with E-state index in [2.05, 4.69) is 25.6 Å². The molecule has 0 saturated heterocycles. The molecule has 0 aliphatic rings. The molecule has 0 saturated carbocycles. The smallest absolute Gasteiger partial charge is 0.319 e. The lowest BCUT2D eigenvalue weighted by Gasteiger charge is -2.09. The minimum atomic E-state index is -0.430. The van der Waals surface area contributed by atoms with E-state index in [1.165, 1.54) is 6.33 Å². The van der Waals surface area contributed by atoms with E-state index < -0.39 is 6.03 Å². The number of hydrogen-bond acceptors (Lipinski definition) is 5. The molecule has 0 bridgehead atoms. The first-order valence-electron chi connectivity index (χ1n) is 9.13. The van der Waals surface area contributed by atoms with Crippen LogP contribution in [0, 0.1) is 0 Å². The normalized spacial score (nSPS) is 10.8. The second kappa shape index (κ2) is 8.63. The van der Waals surface area contributed by atoms with Crippen molar-refractivity contribution in [3.05, 3.63) is 81.7 Å². The molecule has 8 nitrogen and oxygen atoms in total. The van der Waals surface area contributed by atoms with Crippen LogP contribution in [0.4, 0.5) is 16.3 Å². The zero-order valence-electron chi connectivity index (χ0n) is 15.9. The van der Waals surface area contributed by atoms with Crippen molar-refractivity contribution in [2.24, 2.45) is 0 Å². The number of nitrogen functional groups attached to an aromatic ring is 1. The number of carbonyl (C=O) groups is 2. The molecule has 0 fully saturated rings. The molecule has 4 rings (SSSR count). The molecule has 31 heavy (non-hydrogen) atoms. The second-order valence-corrected chi connectivity index (χ2v) is 7.47. The first-order chi connectivity index (χ1) is 14.9. The van der Waals surface area contributed by atoms with Crippen LogP contribution in [-0.4, -0.2) is 26.8 Å². The average Bonchev–Trinajstić information content (AvgIpc) is 3.20. The number of fused-ring (bicyclic) bond motifs is 1. The fraction of sp³-hybridized carbons (Fsp3) is 0.0476. The molecular formula is C21H16Cl2N6O2. The second-order valence-electron chi connectivity index (χ2n) is 6.65. The molecule has 5 N–H and O–H groups in total. The highest BCUT2D eigenvalue weighted by Gasteiger charge is 2.18. The number of nitrogens with zero attached hydrogens (tertiary/aromatic N) is 2. The van der Waals surface area contributed by atoms with Gasteiger partial charge in [0.05, 0.1) is 21.0 Å². The van der Waals surface area contributed by atoms with Gasteiger partial charge < -0.3 is 21.4 Å². The molecular weight excluding hydrogens is 439 g/mol. The maximum atomic E-state index is 13.0. The number of benzene rings is 2. The number of rotatable bonds is 5. The van der Waals surface area contributed by atoms with Crippen LogP contribution in [0.1, 0.15) is 21.5 Å². The SMILES string of the molecule is Nc1ncnc2[nH]cc(C(=O)c3cccc(NC(=O)NCc4ccc(Cl)c(Cl)c4)c3)c12. The Hall–Kier alpha value is -3.62. The standard InChI is InChI=1S/C21H16Cl2N6O2/c22-15-5-4-11(6-16(15)23)8-26-21(31)29-13-3-1-2-12(7-13)18(30)14-9-25-20-17(14)19(24)27-10-28-20/h1-7,9-10H,8H2,(H2,26,29,31)(H3,24,25,27,28). The number of amides is 2. The third kappa shape index (κ3) is 4.45. The van der Waals surface area contributed by atoms with Crippen molar-refractivity contribution in [1.29, 1.82) is 0 Å². The fourth-order valence-corrected chi connectivity index (χ4v) is 3.39. The van der Waals surface area contributed by atoms with Crippen LogP contribution in [-0.2, 0) is 6.54 Å². The maximum absolute atomic E-state index is 13.0. The van der Waals surface area contributed by atoms with Crippen LogP contribution in [0.15, 0.2) is 55.0 Å². The predicted molar refractivity (Wildman–Crippen MR) is 120 cm³/mol. The molecule has 0 radical (unpaired) electrons. The van der Waals surface area contributed by atoms with Crippen molar-refractivity contribution in [3.8, 4) is 0 Å². The Kier molecular flexibility index (Phi) is 5.75. The molecule has 0 aliphatic carbocycles. The van der Waals surface area contributed by atoms with E-state index in [0.29, 0.717) is 37.9 Å². The molecule has 2 aromatic carbocycles. The fourth-order valence-electron chi connectivity index (χ4n) is 3.07. The predicted octanol–water partition coefficient (Wildman–Crippen LogP) is 4.40. The van der Waals surface area contributed by atoms with Gasteiger partial charge in [-0.1, -0.05) is 41.4 Å². The third-order valence-corrected chi connectivity index (χ3v) is 5.30. The number of anilines is 2. The first kappa shape index (κ1) is 20.6. The average molecular weight is 455 g/mol. The van der Waals surface area contributed by atoms with Crippen molar-refractivity contribution in [2.75, 3.05) is 11.1 Å². The van der Waals surface area contributed by atoms with Gasteiger partial charge in [-0.05, 0) is 29.8 Å². The van der Waals surface area contributed by atoms with E-state index in [0.717, 1.165) is 5.56 Å². The summed E-state index contributed by atoms with van der Waals surface area (Å²) in [5.74, 6) is -0.0572. The number of nitrogens with one attached hydrogen (secondary N) is 3. The van der Waals surface area contributed by atoms with E-state index in [4.69, 9.17) is 28.9 Å². The van der Waals surface area contributed by atoms with E-state index in [1.807, 2.05) is 0 Å². The Bertz CT molecular complexity index is 1300. The quantitative estimate of drug-likeness (QED) is 0.332. The number of carbonyl (C=O) groups excluding carboxylic acids is 2. The van der Waals surface area contributed by atoms with Crippen LogP contribution in [0.5, 0.6) is 0 Å². The number of aromatic amines is 1. The van der Waals surface area contributed by atoms with Crippen molar-refractivity contribution in [2.45, 2.75) is 6.54 Å². The topological polar surface area (TPSA) is 126 Å². The van der Waals surface area contributed by atoms with Gasteiger partial charge in [0, 0.05) is 24.0 Å². The molecule has 0 unspecified atom stereocenters. The van der Waals surface area contributed by atoms with Gasteiger partial charge in [-0.15, -0.1) is 0 Å². The summed E-state index contributed by atoms with van der Waals surface area (Å²) in [5, 5.41) is 6.76.